The molecule has 2 aliphatic heterocycles. The van der Waals surface area contributed by atoms with Crippen LogP contribution in [0.1, 0.15) is 12.8 Å². The predicted octanol–water partition coefficient (Wildman–Crippen LogP) is 1.26. The minimum atomic E-state index is -1.50. The fourth-order valence-electron chi connectivity index (χ4n) is 4.89. The van der Waals surface area contributed by atoms with Gasteiger partial charge < -0.3 is 14.9 Å². The van der Waals surface area contributed by atoms with Gasteiger partial charge in [0.2, 0.25) is 0 Å². The summed E-state index contributed by atoms with van der Waals surface area (Å²) >= 11 is 0. The molecular formula is C16H22O3Si. The minimum absolute atomic E-state index is 0.0681. The third-order valence-corrected chi connectivity index (χ3v) is 12.2. The summed E-state index contributed by atoms with van der Waals surface area (Å²) in [6.07, 6.45) is 2.57. The Labute approximate surface area is 120 Å². The van der Waals surface area contributed by atoms with Gasteiger partial charge in [0, 0.05) is 12.5 Å². The standard InChI is InChI=1S/C16H22O3Si/c17-10-13-14(9-15-16(13,11-18)19-15)20(7-4-8-20)12-5-2-1-3-6-12/h1-3,5-6,13-15,17-18H,4,7-11H2/t13-,14-,15-,16+/m1/s1. The molecular weight excluding hydrogens is 268 g/mol. The van der Waals surface area contributed by atoms with E-state index >= 15 is 0 Å². The SMILES string of the molecule is OC[C@@H]1[C@H]([Si]2(c3ccccc3)CCC2)C[C@H]2O[C@@]12CO. The molecule has 4 rings (SSSR count). The third kappa shape index (κ3) is 1.51. The van der Waals surface area contributed by atoms with E-state index < -0.39 is 13.7 Å². The molecule has 2 N–H and O–H groups in total. The monoisotopic (exact) mass is 290 g/mol. The molecule has 1 aliphatic carbocycles. The van der Waals surface area contributed by atoms with Crippen molar-refractivity contribution in [2.24, 2.45) is 5.92 Å². The Morgan fingerprint density at radius 1 is 1.20 bits per heavy atom. The van der Waals surface area contributed by atoms with Crippen molar-refractivity contribution in [3.8, 4) is 0 Å². The number of hydrogen-bond acceptors (Lipinski definition) is 3. The molecule has 3 nitrogen and oxygen atoms in total. The van der Waals surface area contributed by atoms with Crippen molar-refractivity contribution in [2.75, 3.05) is 13.2 Å². The van der Waals surface area contributed by atoms with E-state index in [0.717, 1.165) is 6.42 Å². The number of rotatable bonds is 4. The van der Waals surface area contributed by atoms with Gasteiger partial charge in [0.15, 0.2) is 0 Å². The number of aliphatic hydroxyl groups is 2. The molecule has 20 heavy (non-hydrogen) atoms. The number of fused-ring (bicyclic) bond motifs is 1. The van der Waals surface area contributed by atoms with Crippen LogP contribution in [0.25, 0.3) is 0 Å². The maximum Gasteiger partial charge on any atom is 0.123 e. The first-order valence-corrected chi connectivity index (χ1v) is 10.2. The fraction of sp³-hybridized carbons (Fsp3) is 0.625. The lowest BCUT2D eigenvalue weighted by Crippen LogP contribution is -2.59. The maximum atomic E-state index is 9.89. The summed E-state index contributed by atoms with van der Waals surface area (Å²) in [5.74, 6) is 0.143. The normalized spacial score (nSPS) is 41.0. The zero-order valence-corrected chi connectivity index (χ0v) is 12.7. The van der Waals surface area contributed by atoms with Crippen molar-refractivity contribution in [3.05, 3.63) is 30.3 Å². The highest BCUT2D eigenvalue weighted by Crippen LogP contribution is 2.63. The van der Waals surface area contributed by atoms with Gasteiger partial charge in [-0.15, -0.1) is 0 Å². The molecule has 2 saturated heterocycles. The molecule has 108 valence electrons. The van der Waals surface area contributed by atoms with Crippen molar-refractivity contribution in [1.29, 1.82) is 0 Å². The minimum Gasteiger partial charge on any atom is -0.396 e. The Bertz CT molecular complexity index is 498. The van der Waals surface area contributed by atoms with Crippen molar-refractivity contribution >= 4 is 13.3 Å². The largest absolute Gasteiger partial charge is 0.396 e. The smallest absolute Gasteiger partial charge is 0.123 e. The molecule has 1 saturated carbocycles. The van der Waals surface area contributed by atoms with Crippen molar-refractivity contribution in [1.82, 2.24) is 0 Å². The summed E-state index contributed by atoms with van der Waals surface area (Å²) in [4.78, 5) is 0. The fourth-order valence-corrected chi connectivity index (χ4v) is 10.4. The average Bonchev–Trinajstić information content (AvgIpc) is 3.06. The molecule has 0 radical (unpaired) electrons. The van der Waals surface area contributed by atoms with Crippen LogP contribution in [0.4, 0.5) is 0 Å². The summed E-state index contributed by atoms with van der Waals surface area (Å²) in [7, 11) is -1.50. The molecule has 0 spiro atoms. The molecule has 3 aliphatic rings. The van der Waals surface area contributed by atoms with Crippen LogP contribution >= 0.6 is 0 Å². The van der Waals surface area contributed by atoms with Gasteiger partial charge >= 0.3 is 0 Å². The van der Waals surface area contributed by atoms with Gasteiger partial charge in [-0.3, -0.25) is 0 Å². The van der Waals surface area contributed by atoms with E-state index in [-0.39, 0.29) is 25.2 Å². The third-order valence-electron chi connectivity index (χ3n) is 6.18. The molecule has 0 bridgehead atoms. The van der Waals surface area contributed by atoms with Crippen molar-refractivity contribution in [3.63, 3.8) is 0 Å². The van der Waals surface area contributed by atoms with Gasteiger partial charge in [-0.05, 0) is 12.0 Å². The second-order valence-electron chi connectivity index (χ2n) is 6.73. The summed E-state index contributed by atoms with van der Waals surface area (Å²) in [5.41, 5.74) is 0.179. The van der Waals surface area contributed by atoms with Crippen LogP contribution in [-0.2, 0) is 4.74 Å². The second-order valence-corrected chi connectivity index (χ2v) is 11.4. The van der Waals surface area contributed by atoms with Gasteiger partial charge in [0.05, 0.1) is 20.8 Å². The second kappa shape index (κ2) is 4.40. The van der Waals surface area contributed by atoms with Crippen LogP contribution in [-0.4, -0.2) is 43.2 Å². The Hall–Kier alpha value is -0.683. The molecule has 0 amide bonds. The summed E-state index contributed by atoms with van der Waals surface area (Å²) in [5, 5.41) is 21.1. The lowest BCUT2D eigenvalue weighted by molar-refractivity contribution is 0.0741. The highest BCUT2D eigenvalue weighted by Gasteiger charge is 2.72. The average molecular weight is 290 g/mol. The van der Waals surface area contributed by atoms with Gasteiger partial charge in [-0.2, -0.15) is 0 Å². The van der Waals surface area contributed by atoms with Crippen molar-refractivity contribution < 1.29 is 14.9 Å². The first kappa shape index (κ1) is 13.0. The first-order valence-electron chi connectivity index (χ1n) is 7.72. The van der Waals surface area contributed by atoms with E-state index in [4.69, 9.17) is 4.74 Å². The molecule has 0 aromatic heterocycles. The molecule has 1 aromatic rings. The summed E-state index contributed by atoms with van der Waals surface area (Å²) in [6.45, 7) is 0.224. The Kier molecular flexibility index (Phi) is 2.87. The number of benzene rings is 1. The molecule has 3 fully saturated rings. The molecule has 0 unspecified atom stereocenters. The predicted molar refractivity (Wildman–Crippen MR) is 79.7 cm³/mol. The number of epoxide rings is 1. The van der Waals surface area contributed by atoms with Crippen LogP contribution in [0.3, 0.4) is 0 Å². The summed E-state index contributed by atoms with van der Waals surface area (Å²) < 4.78 is 5.74. The number of aliphatic hydroxyl groups excluding tert-OH is 2. The summed E-state index contributed by atoms with van der Waals surface area (Å²) in [6, 6.07) is 13.6. The van der Waals surface area contributed by atoms with Crippen LogP contribution in [0.15, 0.2) is 30.3 Å². The highest BCUT2D eigenvalue weighted by molar-refractivity contribution is 6.95. The van der Waals surface area contributed by atoms with Crippen LogP contribution < -0.4 is 5.19 Å². The number of hydrogen-bond donors (Lipinski definition) is 2. The van der Waals surface area contributed by atoms with E-state index in [0.29, 0.717) is 5.54 Å². The quantitative estimate of drug-likeness (QED) is 0.648. The van der Waals surface area contributed by atoms with E-state index in [1.165, 1.54) is 18.5 Å². The zero-order chi connectivity index (χ0) is 13.8. The maximum absolute atomic E-state index is 9.89. The van der Waals surface area contributed by atoms with E-state index in [1.54, 1.807) is 5.19 Å². The first-order chi connectivity index (χ1) is 9.77. The molecule has 4 heteroatoms. The highest BCUT2D eigenvalue weighted by atomic mass is 28.3. The van der Waals surface area contributed by atoms with E-state index in [1.807, 2.05) is 0 Å². The van der Waals surface area contributed by atoms with Crippen LogP contribution in [0.5, 0.6) is 0 Å². The molecule has 1 aromatic carbocycles. The lowest BCUT2D eigenvalue weighted by atomic mass is 9.96. The van der Waals surface area contributed by atoms with Crippen molar-refractivity contribution in [2.45, 2.75) is 42.2 Å². The lowest BCUT2D eigenvalue weighted by Gasteiger charge is -2.48. The Balaban J connectivity index is 1.70. The van der Waals surface area contributed by atoms with Crippen LogP contribution in [0.2, 0.25) is 17.6 Å². The molecule has 2 heterocycles. The zero-order valence-electron chi connectivity index (χ0n) is 11.7. The van der Waals surface area contributed by atoms with Gasteiger partial charge in [0.1, 0.15) is 5.60 Å². The van der Waals surface area contributed by atoms with Crippen LogP contribution in [0, 0.1) is 5.92 Å². The van der Waals surface area contributed by atoms with E-state index in [2.05, 4.69) is 30.3 Å². The number of ether oxygens (including phenoxy) is 1. The topological polar surface area (TPSA) is 53.0 Å². The van der Waals surface area contributed by atoms with Gasteiger partial charge in [0.25, 0.3) is 0 Å². The van der Waals surface area contributed by atoms with Gasteiger partial charge in [-0.1, -0.05) is 54.0 Å². The Morgan fingerprint density at radius 2 is 1.95 bits per heavy atom. The van der Waals surface area contributed by atoms with E-state index in [9.17, 15) is 10.2 Å². The van der Waals surface area contributed by atoms with Gasteiger partial charge in [-0.25, -0.2) is 0 Å². The Morgan fingerprint density at radius 3 is 2.50 bits per heavy atom. The molecule has 4 atom stereocenters.